The first-order chi connectivity index (χ1) is 5.80. The van der Waals surface area contributed by atoms with Gasteiger partial charge in [0.2, 0.25) is 6.29 Å². The molecular formula is C10H16O3. The molecule has 3 atom stereocenters. The molecule has 2 fully saturated rings. The van der Waals surface area contributed by atoms with Gasteiger partial charge in [-0.3, -0.25) is 4.79 Å². The Balaban J connectivity index is 2.37. The van der Waals surface area contributed by atoms with E-state index < -0.39 is 6.29 Å². The van der Waals surface area contributed by atoms with E-state index in [4.69, 9.17) is 4.74 Å². The molecule has 0 aromatic rings. The van der Waals surface area contributed by atoms with Crippen molar-refractivity contribution in [2.45, 2.75) is 34.0 Å². The van der Waals surface area contributed by atoms with Gasteiger partial charge < -0.3 is 9.84 Å². The van der Waals surface area contributed by atoms with Crippen molar-refractivity contribution >= 4 is 5.97 Å². The SMILES string of the molecule is CC1(C)C2C(=O)OC(O)C2C1(C)C. The molecule has 1 heterocycles. The number of aliphatic hydroxyl groups is 1. The van der Waals surface area contributed by atoms with Crippen LogP contribution < -0.4 is 0 Å². The fourth-order valence-electron chi connectivity index (χ4n) is 2.83. The van der Waals surface area contributed by atoms with Crippen LogP contribution in [0.2, 0.25) is 0 Å². The highest BCUT2D eigenvalue weighted by Gasteiger charge is 2.71. The largest absolute Gasteiger partial charge is 0.435 e. The monoisotopic (exact) mass is 184 g/mol. The van der Waals surface area contributed by atoms with Crippen molar-refractivity contribution < 1.29 is 14.6 Å². The van der Waals surface area contributed by atoms with Gasteiger partial charge in [0.05, 0.1) is 5.92 Å². The molecule has 1 saturated heterocycles. The zero-order valence-electron chi connectivity index (χ0n) is 8.50. The maximum absolute atomic E-state index is 11.4. The second kappa shape index (κ2) is 2.08. The van der Waals surface area contributed by atoms with Gasteiger partial charge in [-0.2, -0.15) is 0 Å². The molecule has 3 heteroatoms. The first-order valence-electron chi connectivity index (χ1n) is 4.68. The third-order valence-corrected chi connectivity index (χ3v) is 4.43. The van der Waals surface area contributed by atoms with E-state index in [1.165, 1.54) is 0 Å². The van der Waals surface area contributed by atoms with Gasteiger partial charge in [-0.1, -0.05) is 27.7 Å². The predicted molar refractivity (Wildman–Crippen MR) is 46.6 cm³/mol. The number of rotatable bonds is 0. The lowest BCUT2D eigenvalue weighted by atomic mass is 9.41. The molecule has 0 bridgehead atoms. The summed E-state index contributed by atoms with van der Waals surface area (Å²) in [6, 6.07) is 0. The zero-order valence-corrected chi connectivity index (χ0v) is 8.50. The van der Waals surface area contributed by atoms with Crippen LogP contribution in [0, 0.1) is 22.7 Å². The Hall–Kier alpha value is -0.570. The Morgan fingerprint density at radius 3 is 2.23 bits per heavy atom. The van der Waals surface area contributed by atoms with E-state index in [0.717, 1.165) is 0 Å². The van der Waals surface area contributed by atoms with Crippen LogP contribution in [0.1, 0.15) is 27.7 Å². The molecule has 1 saturated carbocycles. The highest BCUT2D eigenvalue weighted by molar-refractivity contribution is 5.78. The molecule has 3 nitrogen and oxygen atoms in total. The van der Waals surface area contributed by atoms with Crippen LogP contribution in [0.3, 0.4) is 0 Å². The molecule has 0 amide bonds. The minimum atomic E-state index is -0.888. The first kappa shape index (κ1) is 9.00. The summed E-state index contributed by atoms with van der Waals surface area (Å²) in [5.74, 6) is -0.366. The number of hydrogen-bond acceptors (Lipinski definition) is 3. The quantitative estimate of drug-likeness (QED) is 0.575. The molecule has 13 heavy (non-hydrogen) atoms. The maximum atomic E-state index is 11.4. The molecule has 0 aromatic heterocycles. The van der Waals surface area contributed by atoms with Crippen LogP contribution >= 0.6 is 0 Å². The molecule has 0 aromatic carbocycles. The average Bonchev–Trinajstić information content (AvgIpc) is 2.24. The molecule has 1 aliphatic carbocycles. The van der Waals surface area contributed by atoms with Crippen LogP contribution in [-0.4, -0.2) is 17.4 Å². The van der Waals surface area contributed by atoms with E-state index in [1.807, 2.05) is 0 Å². The van der Waals surface area contributed by atoms with Gasteiger partial charge in [0.15, 0.2) is 0 Å². The Bertz CT molecular complexity index is 267. The van der Waals surface area contributed by atoms with Crippen molar-refractivity contribution in [3.63, 3.8) is 0 Å². The summed E-state index contributed by atoms with van der Waals surface area (Å²) in [6.45, 7) is 8.29. The lowest BCUT2D eigenvalue weighted by Crippen LogP contribution is -2.61. The van der Waals surface area contributed by atoms with Gasteiger partial charge in [0, 0.05) is 5.92 Å². The van der Waals surface area contributed by atoms with Crippen molar-refractivity contribution in [3.05, 3.63) is 0 Å². The Labute approximate surface area is 78.1 Å². The lowest BCUT2D eigenvalue weighted by Gasteiger charge is -2.60. The molecule has 2 rings (SSSR count). The summed E-state index contributed by atoms with van der Waals surface area (Å²) in [6.07, 6.45) is -0.888. The van der Waals surface area contributed by atoms with Gasteiger partial charge in [0.1, 0.15) is 0 Å². The summed E-state index contributed by atoms with van der Waals surface area (Å²) in [4.78, 5) is 11.4. The summed E-state index contributed by atoms with van der Waals surface area (Å²) in [5, 5.41) is 9.51. The third-order valence-electron chi connectivity index (χ3n) is 4.43. The summed E-state index contributed by atoms with van der Waals surface area (Å²) in [5.41, 5.74) is -0.0878. The van der Waals surface area contributed by atoms with Crippen LogP contribution in [0.5, 0.6) is 0 Å². The van der Waals surface area contributed by atoms with E-state index in [-0.39, 0.29) is 28.6 Å². The number of esters is 1. The van der Waals surface area contributed by atoms with Crippen molar-refractivity contribution in [2.24, 2.45) is 22.7 Å². The van der Waals surface area contributed by atoms with Crippen molar-refractivity contribution in [3.8, 4) is 0 Å². The molecule has 3 unspecified atom stereocenters. The molecule has 1 N–H and O–H groups in total. The Morgan fingerprint density at radius 1 is 1.23 bits per heavy atom. The molecular weight excluding hydrogens is 168 g/mol. The number of fused-ring (bicyclic) bond motifs is 1. The van der Waals surface area contributed by atoms with Gasteiger partial charge in [-0.15, -0.1) is 0 Å². The van der Waals surface area contributed by atoms with Gasteiger partial charge in [0.25, 0.3) is 0 Å². The van der Waals surface area contributed by atoms with Gasteiger partial charge in [-0.25, -0.2) is 0 Å². The van der Waals surface area contributed by atoms with E-state index in [2.05, 4.69) is 27.7 Å². The third kappa shape index (κ3) is 0.766. The topological polar surface area (TPSA) is 46.5 Å². The summed E-state index contributed by atoms with van der Waals surface area (Å²) < 4.78 is 4.84. The Morgan fingerprint density at radius 2 is 1.77 bits per heavy atom. The normalized spacial score (nSPS) is 45.0. The second-order valence-corrected chi connectivity index (χ2v) is 5.27. The molecule has 0 radical (unpaired) electrons. The maximum Gasteiger partial charge on any atom is 0.312 e. The van der Waals surface area contributed by atoms with Gasteiger partial charge >= 0.3 is 5.97 Å². The summed E-state index contributed by atoms with van der Waals surface area (Å²) in [7, 11) is 0. The van der Waals surface area contributed by atoms with Crippen LogP contribution in [-0.2, 0) is 9.53 Å². The minimum Gasteiger partial charge on any atom is -0.435 e. The number of hydrogen-bond donors (Lipinski definition) is 1. The zero-order chi connectivity index (χ0) is 10.0. The number of aliphatic hydroxyl groups excluding tert-OH is 1. The van der Waals surface area contributed by atoms with Gasteiger partial charge in [-0.05, 0) is 10.8 Å². The molecule has 2 aliphatic rings. The average molecular weight is 184 g/mol. The van der Waals surface area contributed by atoms with E-state index >= 15 is 0 Å². The molecule has 0 spiro atoms. The number of carbonyl (C=O) groups is 1. The highest BCUT2D eigenvalue weighted by atomic mass is 16.6. The fourth-order valence-corrected chi connectivity index (χ4v) is 2.83. The second-order valence-electron chi connectivity index (χ2n) is 5.27. The van der Waals surface area contributed by atoms with Crippen LogP contribution in [0.25, 0.3) is 0 Å². The highest BCUT2D eigenvalue weighted by Crippen LogP contribution is 2.67. The van der Waals surface area contributed by atoms with E-state index in [1.54, 1.807) is 0 Å². The lowest BCUT2D eigenvalue weighted by molar-refractivity contribution is -0.193. The fraction of sp³-hybridized carbons (Fsp3) is 0.900. The van der Waals surface area contributed by atoms with Crippen molar-refractivity contribution in [2.75, 3.05) is 0 Å². The van der Waals surface area contributed by atoms with Crippen molar-refractivity contribution in [1.82, 2.24) is 0 Å². The van der Waals surface area contributed by atoms with Crippen molar-refractivity contribution in [1.29, 1.82) is 0 Å². The van der Waals surface area contributed by atoms with E-state index in [9.17, 15) is 9.90 Å². The summed E-state index contributed by atoms with van der Waals surface area (Å²) >= 11 is 0. The van der Waals surface area contributed by atoms with Crippen LogP contribution in [0.4, 0.5) is 0 Å². The minimum absolute atomic E-state index is 0.0185. The number of cyclic esters (lactones) is 1. The first-order valence-corrected chi connectivity index (χ1v) is 4.68. The standard InChI is InChI=1S/C10H16O3/c1-9(2)5-6(10(9,3)4)8(12)13-7(5)11/h5-7,11H,1-4H3. The smallest absolute Gasteiger partial charge is 0.312 e. The number of ether oxygens (including phenoxy) is 1. The molecule has 1 aliphatic heterocycles. The predicted octanol–water partition coefficient (Wildman–Crippen LogP) is 1.16. The Kier molecular flexibility index (Phi) is 1.44. The number of carbonyl (C=O) groups excluding carboxylic acids is 1. The van der Waals surface area contributed by atoms with Crippen LogP contribution in [0.15, 0.2) is 0 Å². The molecule has 74 valence electrons. The van der Waals surface area contributed by atoms with E-state index in [0.29, 0.717) is 0 Å².